The number of aliphatic hydroxyl groups excluding tert-OH is 1. The minimum Gasteiger partial charge on any atom is -0.465 e. The normalized spacial score (nSPS) is 15.1. The van der Waals surface area contributed by atoms with E-state index in [1.165, 1.54) is 18.7 Å². The minimum absolute atomic E-state index is 0.144. The van der Waals surface area contributed by atoms with Gasteiger partial charge in [-0.1, -0.05) is 53.4 Å². The molecule has 1 aliphatic rings. The van der Waals surface area contributed by atoms with Gasteiger partial charge in [0, 0.05) is 0 Å². The number of nitrogen functional groups attached to an aromatic ring is 1. The van der Waals surface area contributed by atoms with Crippen LogP contribution in [0.1, 0.15) is 79.1 Å². The van der Waals surface area contributed by atoms with Gasteiger partial charge in [-0.25, -0.2) is 29.5 Å². The van der Waals surface area contributed by atoms with Crippen LogP contribution in [0.5, 0.6) is 0 Å². The average molecular weight is 646 g/mol. The Morgan fingerprint density at radius 1 is 1.02 bits per heavy atom. The molecule has 0 amide bonds. The maximum Gasteiger partial charge on any atom is 0.323 e. The second-order valence-corrected chi connectivity index (χ2v) is 12.1. The fourth-order valence-corrected chi connectivity index (χ4v) is 5.46. The number of aromatic nitrogens is 4. The smallest absolute Gasteiger partial charge is 0.323 e. The second kappa shape index (κ2) is 22.5. The number of aromatic amines is 1. The van der Waals surface area contributed by atoms with Crippen molar-refractivity contribution in [2.24, 2.45) is 0 Å². The molecule has 0 aromatic carbocycles. The van der Waals surface area contributed by atoms with Gasteiger partial charge in [-0.2, -0.15) is 0 Å². The van der Waals surface area contributed by atoms with Crippen LogP contribution in [0.25, 0.3) is 11.2 Å². The molecule has 250 valence electrons. The van der Waals surface area contributed by atoms with E-state index in [9.17, 15) is 23.7 Å². The maximum atomic E-state index is 13.0. The number of aliphatic hydroxyl groups is 1. The summed E-state index contributed by atoms with van der Waals surface area (Å²) in [6.45, 7) is 8.87. The Bertz CT molecular complexity index is 1150. The highest BCUT2D eigenvalue weighted by atomic mass is 31.2. The number of hydrogen-bond donors (Lipinski definition) is 5. The van der Waals surface area contributed by atoms with Crippen LogP contribution in [0.4, 0.5) is 10.2 Å². The molecule has 0 radical (unpaired) electrons. The van der Waals surface area contributed by atoms with Crippen LogP contribution in [0.3, 0.4) is 0 Å². The number of H-pyrrole nitrogens is 1. The number of halogens is 1. The van der Waals surface area contributed by atoms with E-state index in [0.717, 1.165) is 38.5 Å². The predicted octanol–water partition coefficient (Wildman–Crippen LogP) is 4.14. The van der Waals surface area contributed by atoms with Crippen molar-refractivity contribution in [2.75, 3.05) is 38.5 Å². The lowest BCUT2D eigenvalue weighted by Gasteiger charge is -2.27. The number of unbranched alkanes of at least 4 members (excludes halogenated alkanes) is 4. The summed E-state index contributed by atoms with van der Waals surface area (Å²) in [6.07, 6.45) is 9.83. The van der Waals surface area contributed by atoms with Crippen LogP contribution in [-0.2, 0) is 28.4 Å². The summed E-state index contributed by atoms with van der Waals surface area (Å²) >= 11 is 0. The van der Waals surface area contributed by atoms with Crippen molar-refractivity contribution in [3.8, 4) is 0 Å². The van der Waals surface area contributed by atoms with Gasteiger partial charge < -0.3 is 30.0 Å². The standard InChI is InChI=1S/C19H39N2O6P.C5H5N5.C4H5FO/c1-5-9-11-13-26-18(23)16(7-3)20-28(25,15-22)21-17(8-4)19(24)27-14-12-10-6-2;6-4-3-5(9-1-7-3)10-2-8-4;5-4-1-2-6-3-4/h16-17,22H,5-15H2,1-4H3,(H2,20,21,25);1-2H,(H3,6,7,8,9,10);1H,2-3H2. The third kappa shape index (κ3) is 15.2. The number of carbonyl (C=O) groups excluding carboxylic acids is 2. The number of fused-ring (bicyclic) bond motifs is 1. The number of esters is 2. The second-order valence-electron chi connectivity index (χ2n) is 9.84. The molecule has 3 rings (SSSR count). The van der Waals surface area contributed by atoms with Crippen LogP contribution in [0.2, 0.25) is 0 Å². The van der Waals surface area contributed by atoms with E-state index in [-0.39, 0.29) is 12.4 Å². The summed E-state index contributed by atoms with van der Waals surface area (Å²) in [5, 5.41) is 15.0. The summed E-state index contributed by atoms with van der Waals surface area (Å²) in [7, 11) is -3.59. The monoisotopic (exact) mass is 645 g/mol. The number of imidazole rings is 1. The molecule has 2 atom stereocenters. The molecule has 1 aliphatic heterocycles. The van der Waals surface area contributed by atoms with Crippen molar-refractivity contribution >= 4 is 36.4 Å². The number of rotatable bonds is 17. The Morgan fingerprint density at radius 2 is 1.59 bits per heavy atom. The average Bonchev–Trinajstić information content (AvgIpc) is 3.72. The minimum atomic E-state index is -3.59. The van der Waals surface area contributed by atoms with Gasteiger partial charge in [0.2, 0.25) is 7.44 Å². The SMILES string of the molecule is CCCCCOC(=O)C(CC)NP(=O)(CO)NC(CC)C(=O)OCCCCC.FC1=CCOC1.Nc1ncnc2nc[nH]c12. The van der Waals surface area contributed by atoms with E-state index in [4.69, 9.17) is 15.2 Å². The third-order valence-electron chi connectivity index (χ3n) is 6.21. The Kier molecular flexibility index (Phi) is 20.0. The molecule has 16 heteroatoms. The first-order valence-electron chi connectivity index (χ1n) is 15.0. The van der Waals surface area contributed by atoms with Crippen molar-refractivity contribution in [1.29, 1.82) is 0 Å². The first-order valence-corrected chi connectivity index (χ1v) is 16.9. The number of nitrogens with two attached hydrogens (primary N) is 1. The number of nitrogens with one attached hydrogen (secondary N) is 3. The predicted molar refractivity (Wildman–Crippen MR) is 166 cm³/mol. The highest BCUT2D eigenvalue weighted by Crippen LogP contribution is 2.37. The zero-order valence-electron chi connectivity index (χ0n) is 26.2. The Labute approximate surface area is 258 Å². The topological polar surface area (TPSA) is 204 Å². The lowest BCUT2D eigenvalue weighted by Crippen LogP contribution is -2.44. The van der Waals surface area contributed by atoms with Crippen LogP contribution in [0, 0.1) is 0 Å². The van der Waals surface area contributed by atoms with E-state index in [1.807, 2.05) is 0 Å². The van der Waals surface area contributed by atoms with Gasteiger partial charge in [0.25, 0.3) is 0 Å². The summed E-state index contributed by atoms with van der Waals surface area (Å²) in [5.74, 6) is -0.731. The molecule has 2 unspecified atom stereocenters. The number of ether oxygens (including phenoxy) is 3. The Hall–Kier alpha value is -2.97. The Balaban J connectivity index is 0.000000477. The van der Waals surface area contributed by atoms with E-state index < -0.39 is 37.8 Å². The zero-order chi connectivity index (χ0) is 32.8. The number of hydrogen-bond acceptors (Lipinski definition) is 11. The zero-order valence-corrected chi connectivity index (χ0v) is 27.1. The number of nitrogens with zero attached hydrogens (tertiary/aromatic N) is 3. The third-order valence-corrected chi connectivity index (χ3v) is 8.07. The van der Waals surface area contributed by atoms with Crippen molar-refractivity contribution < 1.29 is 37.9 Å². The van der Waals surface area contributed by atoms with Crippen LogP contribution >= 0.6 is 7.44 Å². The van der Waals surface area contributed by atoms with E-state index in [1.54, 1.807) is 13.8 Å². The van der Waals surface area contributed by atoms with E-state index >= 15 is 0 Å². The van der Waals surface area contributed by atoms with Gasteiger partial charge in [0.15, 0.2) is 11.5 Å². The quantitative estimate of drug-likeness (QED) is 0.0934. The molecule has 0 saturated carbocycles. The lowest BCUT2D eigenvalue weighted by atomic mass is 10.2. The van der Waals surface area contributed by atoms with E-state index in [0.29, 0.717) is 49.6 Å². The molecule has 2 aromatic heterocycles. The summed E-state index contributed by atoms with van der Waals surface area (Å²) in [5.41, 5.74) is 6.78. The summed E-state index contributed by atoms with van der Waals surface area (Å²) in [4.78, 5) is 38.8. The first kappa shape index (κ1) is 39.1. The summed E-state index contributed by atoms with van der Waals surface area (Å²) < 4.78 is 39.7. The van der Waals surface area contributed by atoms with Crippen molar-refractivity contribution in [3.05, 3.63) is 24.6 Å². The van der Waals surface area contributed by atoms with Crippen LogP contribution in [0.15, 0.2) is 24.6 Å². The maximum absolute atomic E-state index is 13.0. The van der Waals surface area contributed by atoms with Gasteiger partial charge >= 0.3 is 11.9 Å². The van der Waals surface area contributed by atoms with Gasteiger partial charge in [0.1, 0.15) is 36.1 Å². The highest BCUT2D eigenvalue weighted by Gasteiger charge is 2.33. The molecule has 14 nitrogen and oxygen atoms in total. The van der Waals surface area contributed by atoms with E-state index in [2.05, 4.69) is 48.7 Å². The van der Waals surface area contributed by atoms with Crippen LogP contribution < -0.4 is 15.9 Å². The largest absolute Gasteiger partial charge is 0.465 e. The lowest BCUT2D eigenvalue weighted by molar-refractivity contribution is -0.146. The first-order chi connectivity index (χ1) is 21.1. The summed E-state index contributed by atoms with van der Waals surface area (Å²) in [6, 6.07) is -1.66. The van der Waals surface area contributed by atoms with Gasteiger partial charge in [0.05, 0.1) is 32.8 Å². The van der Waals surface area contributed by atoms with Gasteiger partial charge in [-0.3, -0.25) is 14.2 Å². The number of carbonyl (C=O) groups is 2. The molecule has 3 heterocycles. The molecule has 6 N–H and O–H groups in total. The van der Waals surface area contributed by atoms with Crippen LogP contribution in [-0.4, -0.2) is 81.8 Å². The van der Waals surface area contributed by atoms with Crippen molar-refractivity contribution in [2.45, 2.75) is 91.1 Å². The highest BCUT2D eigenvalue weighted by molar-refractivity contribution is 7.59. The Morgan fingerprint density at radius 3 is 1.98 bits per heavy atom. The molecule has 0 fully saturated rings. The molecule has 44 heavy (non-hydrogen) atoms. The molecule has 2 aromatic rings. The fraction of sp³-hybridized carbons (Fsp3) is 0.679. The van der Waals surface area contributed by atoms with Crippen molar-refractivity contribution in [3.63, 3.8) is 0 Å². The van der Waals surface area contributed by atoms with Crippen molar-refractivity contribution in [1.82, 2.24) is 30.1 Å². The molecule has 0 saturated heterocycles. The van der Waals surface area contributed by atoms with Gasteiger partial charge in [-0.15, -0.1) is 0 Å². The molecule has 0 spiro atoms. The molecule has 0 bridgehead atoms. The molecular weight excluding hydrogens is 596 g/mol. The fourth-order valence-electron chi connectivity index (χ4n) is 3.64. The number of anilines is 1. The van der Waals surface area contributed by atoms with Gasteiger partial charge in [-0.05, 0) is 31.8 Å². The molecular formula is C28H49FN7O7P. The molecule has 0 aliphatic carbocycles.